The van der Waals surface area contributed by atoms with Crippen molar-refractivity contribution in [3.63, 3.8) is 0 Å². The highest BCUT2D eigenvalue weighted by Gasteiger charge is 1.97. The predicted octanol–water partition coefficient (Wildman–Crippen LogP) is 5.23. The third-order valence-corrected chi connectivity index (χ3v) is 3.60. The van der Waals surface area contributed by atoms with Crippen LogP contribution in [0.1, 0.15) is 0 Å². The van der Waals surface area contributed by atoms with E-state index in [9.17, 15) is 0 Å². The minimum absolute atomic E-state index is 0.634. The summed E-state index contributed by atoms with van der Waals surface area (Å²) in [6.45, 7) is 0. The van der Waals surface area contributed by atoms with Crippen molar-refractivity contribution >= 4 is 37.5 Å². The summed E-state index contributed by atoms with van der Waals surface area (Å²) in [7, 11) is 0. The van der Waals surface area contributed by atoms with Crippen molar-refractivity contribution in [2.45, 2.75) is 0 Å². The van der Waals surface area contributed by atoms with Crippen LogP contribution in [0.15, 0.2) is 83.9 Å². The molecule has 3 heteroatoms. The first kappa shape index (κ1) is 13.7. The van der Waals surface area contributed by atoms with Gasteiger partial charge in [-0.3, -0.25) is 0 Å². The minimum atomic E-state index is 0.634. The Morgan fingerprint density at radius 2 is 1.05 bits per heavy atom. The summed E-state index contributed by atoms with van der Waals surface area (Å²) in [5.74, 6) is 0. The molecule has 21 heavy (non-hydrogen) atoms. The van der Waals surface area contributed by atoms with Crippen molar-refractivity contribution < 1.29 is 0 Å². The summed E-state index contributed by atoms with van der Waals surface area (Å²) in [4.78, 5) is 7.57. The van der Waals surface area contributed by atoms with Gasteiger partial charge in [-0.1, -0.05) is 60.7 Å². The maximum atomic E-state index is 3.78. The van der Waals surface area contributed by atoms with E-state index in [4.69, 9.17) is 0 Å². The standard InChI is InChI=1S/C14H10.C4H3BrN2/c1-3-7-13-11(5-1)9-10-12-6-2-4-8-14(12)13;5-4-6-2-1-3-7-4/h1-10H;1-3H. The van der Waals surface area contributed by atoms with Gasteiger partial charge in [0.25, 0.3) is 0 Å². The Bertz CT molecular complexity index is 805. The van der Waals surface area contributed by atoms with E-state index < -0.39 is 0 Å². The summed E-state index contributed by atoms with van der Waals surface area (Å²) in [6.07, 6.45) is 3.36. The molecule has 0 saturated carbocycles. The first-order valence-electron chi connectivity index (χ1n) is 6.63. The second-order valence-corrected chi connectivity index (χ2v) is 5.23. The number of aromatic nitrogens is 2. The molecule has 0 bridgehead atoms. The highest BCUT2D eigenvalue weighted by molar-refractivity contribution is 9.10. The number of nitrogens with zero attached hydrogens (tertiary/aromatic N) is 2. The smallest absolute Gasteiger partial charge is 0.196 e. The molecule has 0 amide bonds. The second-order valence-electron chi connectivity index (χ2n) is 4.53. The molecule has 4 rings (SSSR count). The average molecular weight is 337 g/mol. The van der Waals surface area contributed by atoms with Crippen LogP contribution >= 0.6 is 15.9 Å². The lowest BCUT2D eigenvalue weighted by Gasteiger charge is -2.02. The molecule has 1 aromatic heterocycles. The Balaban J connectivity index is 0.000000160. The fraction of sp³-hybridized carbons (Fsp3) is 0. The van der Waals surface area contributed by atoms with Crippen molar-refractivity contribution in [3.05, 3.63) is 83.9 Å². The first-order valence-corrected chi connectivity index (χ1v) is 7.43. The van der Waals surface area contributed by atoms with Gasteiger partial charge < -0.3 is 0 Å². The molecule has 102 valence electrons. The Kier molecular flexibility index (Phi) is 4.22. The molecule has 0 aliphatic rings. The van der Waals surface area contributed by atoms with E-state index in [1.165, 1.54) is 21.5 Å². The van der Waals surface area contributed by atoms with E-state index in [-0.39, 0.29) is 0 Å². The highest BCUT2D eigenvalue weighted by Crippen LogP contribution is 2.24. The van der Waals surface area contributed by atoms with Gasteiger partial charge in [0.1, 0.15) is 0 Å². The average Bonchev–Trinajstić information content (AvgIpc) is 2.56. The Labute approximate surface area is 131 Å². The molecule has 0 aliphatic carbocycles. The molecule has 0 fully saturated rings. The van der Waals surface area contributed by atoms with Crippen LogP contribution in [0.5, 0.6) is 0 Å². The zero-order valence-corrected chi connectivity index (χ0v) is 12.9. The van der Waals surface area contributed by atoms with Crippen LogP contribution in [0.25, 0.3) is 21.5 Å². The minimum Gasteiger partial charge on any atom is -0.231 e. The number of halogens is 1. The van der Waals surface area contributed by atoms with Gasteiger partial charge in [-0.05, 0) is 43.5 Å². The highest BCUT2D eigenvalue weighted by atomic mass is 79.9. The summed E-state index contributed by atoms with van der Waals surface area (Å²) in [6, 6.07) is 23.1. The van der Waals surface area contributed by atoms with Gasteiger partial charge in [0.05, 0.1) is 0 Å². The molecular weight excluding hydrogens is 324 g/mol. The summed E-state index contributed by atoms with van der Waals surface area (Å²) in [5.41, 5.74) is 0. The largest absolute Gasteiger partial charge is 0.231 e. The van der Waals surface area contributed by atoms with Crippen molar-refractivity contribution in [3.8, 4) is 0 Å². The number of fused-ring (bicyclic) bond motifs is 3. The third-order valence-electron chi connectivity index (χ3n) is 3.19. The number of hydrogen-bond acceptors (Lipinski definition) is 2. The molecule has 0 unspecified atom stereocenters. The first-order chi connectivity index (χ1) is 10.3. The normalized spacial score (nSPS) is 10.1. The van der Waals surface area contributed by atoms with Gasteiger partial charge in [0, 0.05) is 12.4 Å². The van der Waals surface area contributed by atoms with E-state index in [0.717, 1.165) is 0 Å². The second kappa shape index (κ2) is 6.46. The van der Waals surface area contributed by atoms with Crippen LogP contribution in [0.2, 0.25) is 0 Å². The van der Waals surface area contributed by atoms with Crippen molar-refractivity contribution in [1.29, 1.82) is 0 Å². The van der Waals surface area contributed by atoms with E-state index in [1.807, 2.05) is 0 Å². The van der Waals surface area contributed by atoms with Gasteiger partial charge in [-0.15, -0.1) is 0 Å². The lowest BCUT2D eigenvalue weighted by atomic mass is 10.0. The quantitative estimate of drug-likeness (QED) is 0.324. The van der Waals surface area contributed by atoms with Gasteiger partial charge in [0.2, 0.25) is 0 Å². The van der Waals surface area contributed by atoms with Crippen LogP contribution in [0, 0.1) is 0 Å². The summed E-state index contributed by atoms with van der Waals surface area (Å²) in [5, 5.41) is 5.30. The molecule has 0 radical (unpaired) electrons. The van der Waals surface area contributed by atoms with Crippen molar-refractivity contribution in [2.75, 3.05) is 0 Å². The molecule has 4 aromatic rings. The van der Waals surface area contributed by atoms with Gasteiger partial charge >= 0.3 is 0 Å². The molecular formula is C18H13BrN2. The van der Waals surface area contributed by atoms with Crippen LogP contribution in [0.4, 0.5) is 0 Å². The Hall–Kier alpha value is -2.26. The van der Waals surface area contributed by atoms with Gasteiger partial charge in [0.15, 0.2) is 4.73 Å². The van der Waals surface area contributed by atoms with Crippen molar-refractivity contribution in [2.24, 2.45) is 0 Å². The molecule has 3 aromatic carbocycles. The zero-order chi connectivity index (χ0) is 14.5. The Morgan fingerprint density at radius 3 is 1.48 bits per heavy atom. The van der Waals surface area contributed by atoms with E-state index in [0.29, 0.717) is 4.73 Å². The number of hydrogen-bond donors (Lipinski definition) is 0. The number of rotatable bonds is 0. The maximum Gasteiger partial charge on any atom is 0.196 e. The van der Waals surface area contributed by atoms with Crippen molar-refractivity contribution in [1.82, 2.24) is 9.97 Å². The molecule has 0 saturated heterocycles. The molecule has 2 nitrogen and oxygen atoms in total. The predicted molar refractivity (Wildman–Crippen MR) is 91.2 cm³/mol. The lowest BCUT2D eigenvalue weighted by molar-refractivity contribution is 1.11. The third kappa shape index (κ3) is 3.26. The summed E-state index contributed by atoms with van der Waals surface area (Å²) >= 11 is 3.09. The Morgan fingerprint density at radius 1 is 0.571 bits per heavy atom. The van der Waals surface area contributed by atoms with Gasteiger partial charge in [-0.2, -0.15) is 0 Å². The molecule has 0 atom stereocenters. The topological polar surface area (TPSA) is 25.8 Å². The fourth-order valence-electron chi connectivity index (χ4n) is 2.24. The lowest BCUT2D eigenvalue weighted by Crippen LogP contribution is -1.75. The van der Waals surface area contributed by atoms with E-state index in [2.05, 4.69) is 86.6 Å². The summed E-state index contributed by atoms with van der Waals surface area (Å²) < 4.78 is 0.634. The molecule has 0 spiro atoms. The fourth-order valence-corrected chi connectivity index (χ4v) is 2.47. The van der Waals surface area contributed by atoms with Gasteiger partial charge in [-0.25, -0.2) is 9.97 Å². The van der Waals surface area contributed by atoms with Crippen LogP contribution in [0.3, 0.4) is 0 Å². The van der Waals surface area contributed by atoms with E-state index in [1.54, 1.807) is 18.5 Å². The molecule has 0 aliphatic heterocycles. The van der Waals surface area contributed by atoms with Crippen LogP contribution in [-0.2, 0) is 0 Å². The maximum absolute atomic E-state index is 3.78. The molecule has 1 heterocycles. The number of benzene rings is 3. The van der Waals surface area contributed by atoms with Crippen LogP contribution < -0.4 is 0 Å². The monoisotopic (exact) mass is 336 g/mol. The van der Waals surface area contributed by atoms with E-state index >= 15 is 0 Å². The molecule has 0 N–H and O–H groups in total. The zero-order valence-electron chi connectivity index (χ0n) is 11.3. The SMILES string of the molecule is Brc1ncccn1.c1ccc2c(c1)ccc1ccccc12. The van der Waals surface area contributed by atoms with Crippen LogP contribution in [-0.4, -0.2) is 9.97 Å².